The number of sulfone groups is 1. The first-order valence-corrected chi connectivity index (χ1v) is 11.6. The number of hydrogen-bond donors (Lipinski definition) is 2. The van der Waals surface area contributed by atoms with E-state index in [2.05, 4.69) is 20.3 Å². The molecule has 0 aliphatic carbocycles. The van der Waals surface area contributed by atoms with Crippen molar-refractivity contribution >= 4 is 15.8 Å². The van der Waals surface area contributed by atoms with Crippen LogP contribution in [0.4, 0.5) is 4.39 Å². The highest BCUT2D eigenvalue weighted by Gasteiger charge is 2.18. The highest BCUT2D eigenvalue weighted by Crippen LogP contribution is 2.17. The van der Waals surface area contributed by atoms with Gasteiger partial charge in [-0.25, -0.2) is 17.8 Å². The van der Waals surface area contributed by atoms with Gasteiger partial charge in [-0.15, -0.1) is 0 Å². The van der Waals surface area contributed by atoms with Crippen LogP contribution in [-0.4, -0.2) is 55.1 Å². The first-order valence-electron chi connectivity index (χ1n) is 9.96. The molecule has 2 N–H and O–H groups in total. The molecular formula is C22H26FN5O2S. The predicted octanol–water partition coefficient (Wildman–Crippen LogP) is 3.09. The summed E-state index contributed by atoms with van der Waals surface area (Å²) in [6.45, 7) is 3.02. The molecule has 0 unspecified atom stereocenters. The van der Waals surface area contributed by atoms with E-state index in [1.54, 1.807) is 6.20 Å². The van der Waals surface area contributed by atoms with Gasteiger partial charge in [-0.1, -0.05) is 42.5 Å². The van der Waals surface area contributed by atoms with Crippen LogP contribution in [0.1, 0.15) is 12.7 Å². The predicted molar refractivity (Wildman–Crippen MR) is 120 cm³/mol. The van der Waals surface area contributed by atoms with E-state index in [0.29, 0.717) is 19.0 Å². The number of aromatic amines is 1. The van der Waals surface area contributed by atoms with E-state index in [-0.39, 0.29) is 17.2 Å². The first-order chi connectivity index (χ1) is 14.9. The third kappa shape index (κ3) is 5.91. The molecule has 2 aromatic carbocycles. The fourth-order valence-corrected chi connectivity index (χ4v) is 4.26. The van der Waals surface area contributed by atoms with Gasteiger partial charge >= 0.3 is 0 Å². The van der Waals surface area contributed by atoms with E-state index >= 15 is 0 Å². The van der Waals surface area contributed by atoms with Gasteiger partial charge in [0.05, 0.1) is 30.7 Å². The summed E-state index contributed by atoms with van der Waals surface area (Å²) in [5, 5.41) is 3.14. The van der Waals surface area contributed by atoms with E-state index in [9.17, 15) is 12.8 Å². The second kappa shape index (κ2) is 10.2. The van der Waals surface area contributed by atoms with Gasteiger partial charge in [0.1, 0.15) is 16.5 Å². The smallest absolute Gasteiger partial charge is 0.194 e. The second-order valence-corrected chi connectivity index (χ2v) is 9.03. The lowest BCUT2D eigenvalue weighted by molar-refractivity contribution is 0.464. The van der Waals surface area contributed by atoms with Crippen LogP contribution in [0.3, 0.4) is 0 Å². The standard InChI is InChI=1S/C22H26FN5O2S/c1-3-24-22(25-13-14-31(29,30)20-12-8-7-11-18(20)23)28(2)16-21-26-15-19(27-21)17-9-5-4-6-10-17/h4-12,15H,3,13-14,16H2,1-2H3,(H,24,25)(H,26,27). The molecule has 9 heteroatoms. The molecule has 0 atom stereocenters. The number of imidazole rings is 1. The van der Waals surface area contributed by atoms with Crippen molar-refractivity contribution in [3.05, 3.63) is 72.4 Å². The number of nitrogens with zero attached hydrogens (tertiary/aromatic N) is 3. The van der Waals surface area contributed by atoms with Crippen LogP contribution < -0.4 is 5.32 Å². The van der Waals surface area contributed by atoms with Crippen molar-refractivity contribution in [3.63, 3.8) is 0 Å². The van der Waals surface area contributed by atoms with Crippen LogP contribution in [0.25, 0.3) is 11.3 Å². The second-order valence-electron chi connectivity index (χ2n) is 6.95. The molecule has 31 heavy (non-hydrogen) atoms. The molecule has 1 aromatic heterocycles. The zero-order valence-electron chi connectivity index (χ0n) is 17.5. The van der Waals surface area contributed by atoms with Gasteiger partial charge in [-0.3, -0.25) is 4.99 Å². The molecule has 0 saturated carbocycles. The zero-order chi connectivity index (χ0) is 22.3. The number of H-pyrrole nitrogens is 1. The Bertz CT molecular complexity index is 1130. The Labute approximate surface area is 182 Å². The summed E-state index contributed by atoms with van der Waals surface area (Å²) >= 11 is 0. The maximum absolute atomic E-state index is 13.8. The van der Waals surface area contributed by atoms with Crippen LogP contribution in [-0.2, 0) is 16.4 Å². The van der Waals surface area contributed by atoms with E-state index in [1.807, 2.05) is 49.2 Å². The maximum Gasteiger partial charge on any atom is 0.194 e. The monoisotopic (exact) mass is 443 g/mol. The molecule has 0 saturated heterocycles. The summed E-state index contributed by atoms with van der Waals surface area (Å²) in [5.41, 5.74) is 1.96. The van der Waals surface area contributed by atoms with Crippen LogP contribution >= 0.6 is 0 Å². The molecule has 0 aliphatic rings. The van der Waals surface area contributed by atoms with Crippen LogP contribution in [0.5, 0.6) is 0 Å². The fraction of sp³-hybridized carbons (Fsp3) is 0.273. The molecule has 164 valence electrons. The summed E-state index contributed by atoms with van der Waals surface area (Å²) in [6, 6.07) is 15.3. The van der Waals surface area contributed by atoms with E-state index in [0.717, 1.165) is 23.1 Å². The summed E-state index contributed by atoms with van der Waals surface area (Å²) in [7, 11) is -1.92. The zero-order valence-corrected chi connectivity index (χ0v) is 18.4. The normalized spacial score (nSPS) is 12.0. The summed E-state index contributed by atoms with van der Waals surface area (Å²) in [6.07, 6.45) is 1.78. The highest BCUT2D eigenvalue weighted by molar-refractivity contribution is 7.91. The molecule has 3 rings (SSSR count). The number of aromatic nitrogens is 2. The molecule has 0 spiro atoms. The summed E-state index contributed by atoms with van der Waals surface area (Å²) in [4.78, 5) is 13.7. The number of guanidine groups is 1. The Morgan fingerprint density at radius 2 is 1.87 bits per heavy atom. The summed E-state index contributed by atoms with van der Waals surface area (Å²) in [5.74, 6) is 0.271. The van der Waals surface area contributed by atoms with E-state index in [1.165, 1.54) is 18.2 Å². The minimum atomic E-state index is -3.76. The molecule has 0 aliphatic heterocycles. The molecule has 0 bridgehead atoms. The molecule has 0 fully saturated rings. The van der Waals surface area contributed by atoms with E-state index < -0.39 is 15.7 Å². The molecular weight excluding hydrogens is 417 g/mol. The number of rotatable bonds is 8. The SMILES string of the molecule is CCNC(=NCCS(=O)(=O)c1ccccc1F)N(C)Cc1ncc(-c2ccccc2)[nH]1. The third-order valence-electron chi connectivity index (χ3n) is 4.59. The number of benzene rings is 2. The summed E-state index contributed by atoms with van der Waals surface area (Å²) < 4.78 is 38.7. The lowest BCUT2D eigenvalue weighted by atomic mass is 10.2. The average Bonchev–Trinajstić information content (AvgIpc) is 3.22. The van der Waals surface area contributed by atoms with Gasteiger partial charge in [-0.2, -0.15) is 0 Å². The Hall–Kier alpha value is -3.20. The Balaban J connectivity index is 1.66. The molecule has 0 amide bonds. The van der Waals surface area contributed by atoms with Crippen molar-refractivity contribution < 1.29 is 12.8 Å². The molecule has 0 radical (unpaired) electrons. The van der Waals surface area contributed by atoms with Crippen molar-refractivity contribution in [2.75, 3.05) is 25.9 Å². The Kier molecular flexibility index (Phi) is 7.41. The van der Waals surface area contributed by atoms with E-state index in [4.69, 9.17) is 0 Å². The average molecular weight is 444 g/mol. The van der Waals surface area contributed by atoms with Crippen LogP contribution in [0.15, 0.2) is 70.7 Å². The topological polar surface area (TPSA) is 90.4 Å². The van der Waals surface area contributed by atoms with Crippen molar-refractivity contribution in [1.82, 2.24) is 20.2 Å². The number of aliphatic imine (C=N–C) groups is 1. The lowest BCUT2D eigenvalue weighted by Gasteiger charge is -2.21. The van der Waals surface area contributed by atoms with Crippen molar-refractivity contribution in [1.29, 1.82) is 0 Å². The van der Waals surface area contributed by atoms with Gasteiger partial charge < -0.3 is 15.2 Å². The third-order valence-corrected chi connectivity index (χ3v) is 6.31. The van der Waals surface area contributed by atoms with Gasteiger partial charge in [-0.05, 0) is 24.6 Å². The number of hydrogen-bond acceptors (Lipinski definition) is 4. The Morgan fingerprint density at radius 1 is 1.16 bits per heavy atom. The number of nitrogens with one attached hydrogen (secondary N) is 2. The minimum Gasteiger partial charge on any atom is -0.357 e. The lowest BCUT2D eigenvalue weighted by Crippen LogP contribution is -2.39. The Morgan fingerprint density at radius 3 is 2.58 bits per heavy atom. The van der Waals surface area contributed by atoms with Crippen molar-refractivity contribution in [2.24, 2.45) is 4.99 Å². The molecule has 7 nitrogen and oxygen atoms in total. The van der Waals surface area contributed by atoms with Gasteiger partial charge in [0.15, 0.2) is 15.8 Å². The van der Waals surface area contributed by atoms with Crippen LogP contribution in [0.2, 0.25) is 0 Å². The van der Waals surface area contributed by atoms with Gasteiger partial charge in [0.2, 0.25) is 0 Å². The van der Waals surface area contributed by atoms with Crippen molar-refractivity contribution in [3.8, 4) is 11.3 Å². The number of halogens is 1. The fourth-order valence-electron chi connectivity index (χ4n) is 3.06. The highest BCUT2D eigenvalue weighted by atomic mass is 32.2. The molecule has 3 aromatic rings. The van der Waals surface area contributed by atoms with Crippen molar-refractivity contribution in [2.45, 2.75) is 18.4 Å². The van der Waals surface area contributed by atoms with Gasteiger partial charge in [0, 0.05) is 13.6 Å². The largest absolute Gasteiger partial charge is 0.357 e. The van der Waals surface area contributed by atoms with Crippen LogP contribution in [0, 0.1) is 5.82 Å². The van der Waals surface area contributed by atoms with Gasteiger partial charge in [0.25, 0.3) is 0 Å². The maximum atomic E-state index is 13.8. The molecule has 1 heterocycles. The quantitative estimate of drug-likeness (QED) is 0.412. The minimum absolute atomic E-state index is 0.0107. The first kappa shape index (κ1) is 22.5.